The number of anilines is 1. The Morgan fingerprint density at radius 3 is 3.00 bits per heavy atom. The van der Waals surface area contributed by atoms with E-state index in [1.807, 2.05) is 12.1 Å². The van der Waals surface area contributed by atoms with Gasteiger partial charge in [-0.1, -0.05) is 25.1 Å². The van der Waals surface area contributed by atoms with Crippen molar-refractivity contribution in [1.29, 1.82) is 0 Å². The molecule has 1 rings (SSSR count). The van der Waals surface area contributed by atoms with Crippen molar-refractivity contribution in [2.24, 2.45) is 0 Å². The summed E-state index contributed by atoms with van der Waals surface area (Å²) in [4.78, 5) is 10.2. The number of nitrogens with one attached hydrogen (secondary N) is 1. The lowest BCUT2D eigenvalue weighted by Gasteiger charge is -2.04. The van der Waals surface area contributed by atoms with Gasteiger partial charge in [0.25, 0.3) is 0 Å². The van der Waals surface area contributed by atoms with Crippen LogP contribution in [0, 0.1) is 0 Å². The summed E-state index contributed by atoms with van der Waals surface area (Å²) >= 11 is 0. The van der Waals surface area contributed by atoms with Gasteiger partial charge in [0.2, 0.25) is 0 Å². The van der Waals surface area contributed by atoms with Gasteiger partial charge in [0.1, 0.15) is 0 Å². The van der Waals surface area contributed by atoms with Gasteiger partial charge in [0.05, 0.1) is 0 Å². The first-order valence-corrected chi connectivity index (χ1v) is 4.94. The fraction of sp³-hybridized carbons (Fsp3) is 0.250. The number of carbonyl (C=O) groups is 1. The molecular weight excluding hydrogens is 190 g/mol. The van der Waals surface area contributed by atoms with E-state index >= 15 is 0 Å². The molecule has 0 unspecified atom stereocenters. The molecule has 0 amide bonds. The predicted molar refractivity (Wildman–Crippen MR) is 61.1 cm³/mol. The number of hydrogen-bond donors (Lipinski definition) is 2. The lowest BCUT2D eigenvalue weighted by Crippen LogP contribution is -1.99. The molecule has 80 valence electrons. The van der Waals surface area contributed by atoms with Crippen LogP contribution in [0.15, 0.2) is 36.4 Å². The number of carboxylic acids is 1. The first-order chi connectivity index (χ1) is 7.22. The minimum Gasteiger partial charge on any atom is -0.478 e. The zero-order valence-corrected chi connectivity index (χ0v) is 8.73. The van der Waals surface area contributed by atoms with Crippen LogP contribution in [-0.4, -0.2) is 17.6 Å². The standard InChI is InChI=1S/C12H15NO2/c1-2-10-5-3-6-11(9-10)13-8-4-7-12(14)15/h3-7,9,13H,2,8H2,1H3,(H,14,15)/b7-4+. The Labute approximate surface area is 89.4 Å². The molecule has 15 heavy (non-hydrogen) atoms. The van der Waals surface area contributed by atoms with Crippen molar-refractivity contribution >= 4 is 11.7 Å². The van der Waals surface area contributed by atoms with Crippen LogP contribution in [-0.2, 0) is 11.2 Å². The molecule has 3 nitrogen and oxygen atoms in total. The first-order valence-electron chi connectivity index (χ1n) is 4.94. The van der Waals surface area contributed by atoms with Crippen molar-refractivity contribution in [3.05, 3.63) is 42.0 Å². The number of benzene rings is 1. The van der Waals surface area contributed by atoms with Gasteiger partial charge in [-0.2, -0.15) is 0 Å². The summed E-state index contributed by atoms with van der Waals surface area (Å²) < 4.78 is 0. The molecular formula is C12H15NO2. The second-order valence-corrected chi connectivity index (χ2v) is 3.18. The molecule has 0 atom stereocenters. The second-order valence-electron chi connectivity index (χ2n) is 3.18. The normalized spacial score (nSPS) is 10.5. The van der Waals surface area contributed by atoms with E-state index in [-0.39, 0.29) is 0 Å². The summed E-state index contributed by atoms with van der Waals surface area (Å²) in [7, 11) is 0. The van der Waals surface area contributed by atoms with Crippen LogP contribution >= 0.6 is 0 Å². The van der Waals surface area contributed by atoms with E-state index in [4.69, 9.17) is 5.11 Å². The van der Waals surface area contributed by atoms with Crippen LogP contribution in [0.5, 0.6) is 0 Å². The highest BCUT2D eigenvalue weighted by atomic mass is 16.4. The Morgan fingerprint density at radius 2 is 2.33 bits per heavy atom. The van der Waals surface area contributed by atoms with Gasteiger partial charge in [-0.05, 0) is 24.1 Å². The van der Waals surface area contributed by atoms with E-state index in [0.717, 1.165) is 18.2 Å². The van der Waals surface area contributed by atoms with E-state index in [1.165, 1.54) is 5.56 Å². The van der Waals surface area contributed by atoms with E-state index in [1.54, 1.807) is 6.08 Å². The smallest absolute Gasteiger partial charge is 0.328 e. The van der Waals surface area contributed by atoms with E-state index in [0.29, 0.717) is 6.54 Å². The number of rotatable bonds is 5. The van der Waals surface area contributed by atoms with Crippen molar-refractivity contribution in [3.63, 3.8) is 0 Å². The van der Waals surface area contributed by atoms with Gasteiger partial charge in [0, 0.05) is 18.3 Å². The maximum absolute atomic E-state index is 10.2. The molecule has 0 bridgehead atoms. The fourth-order valence-electron chi connectivity index (χ4n) is 1.24. The average molecular weight is 205 g/mol. The van der Waals surface area contributed by atoms with Gasteiger partial charge in [-0.3, -0.25) is 0 Å². The summed E-state index contributed by atoms with van der Waals surface area (Å²) in [6, 6.07) is 8.09. The molecule has 0 fully saturated rings. The van der Waals surface area contributed by atoms with E-state index in [9.17, 15) is 4.79 Å². The van der Waals surface area contributed by atoms with Gasteiger partial charge in [-0.15, -0.1) is 0 Å². The van der Waals surface area contributed by atoms with Crippen molar-refractivity contribution < 1.29 is 9.90 Å². The maximum Gasteiger partial charge on any atom is 0.328 e. The highest BCUT2D eigenvalue weighted by molar-refractivity contribution is 5.79. The number of aryl methyl sites for hydroxylation is 1. The average Bonchev–Trinajstić information content (AvgIpc) is 2.24. The van der Waals surface area contributed by atoms with Crippen LogP contribution in [0.3, 0.4) is 0 Å². The first kappa shape index (κ1) is 11.3. The third-order valence-corrected chi connectivity index (χ3v) is 2.02. The molecule has 0 saturated heterocycles. The highest BCUT2D eigenvalue weighted by Gasteiger charge is 1.92. The second kappa shape index (κ2) is 5.86. The van der Waals surface area contributed by atoms with Crippen LogP contribution in [0.25, 0.3) is 0 Å². The quantitative estimate of drug-likeness (QED) is 0.725. The van der Waals surface area contributed by atoms with Crippen LogP contribution in [0.2, 0.25) is 0 Å². The summed E-state index contributed by atoms with van der Waals surface area (Å²) in [5.41, 5.74) is 2.28. The third-order valence-electron chi connectivity index (χ3n) is 2.02. The number of aliphatic carboxylic acids is 1. The van der Waals surface area contributed by atoms with Crippen molar-refractivity contribution in [2.75, 3.05) is 11.9 Å². The molecule has 2 N–H and O–H groups in total. The highest BCUT2D eigenvalue weighted by Crippen LogP contribution is 2.10. The molecule has 0 spiro atoms. The lowest BCUT2D eigenvalue weighted by molar-refractivity contribution is -0.131. The SMILES string of the molecule is CCc1cccc(NC/C=C/C(=O)O)c1. The van der Waals surface area contributed by atoms with Crippen LogP contribution < -0.4 is 5.32 Å². The zero-order chi connectivity index (χ0) is 11.1. The van der Waals surface area contributed by atoms with Gasteiger partial charge < -0.3 is 10.4 Å². The van der Waals surface area contributed by atoms with Gasteiger partial charge >= 0.3 is 5.97 Å². The Balaban J connectivity index is 2.47. The number of hydrogen-bond acceptors (Lipinski definition) is 2. The molecule has 0 aliphatic rings. The maximum atomic E-state index is 10.2. The van der Waals surface area contributed by atoms with Crippen molar-refractivity contribution in [3.8, 4) is 0 Å². The Bertz CT molecular complexity index is 358. The molecule has 1 aromatic carbocycles. The monoisotopic (exact) mass is 205 g/mol. The Hall–Kier alpha value is -1.77. The lowest BCUT2D eigenvalue weighted by atomic mass is 10.1. The van der Waals surface area contributed by atoms with Crippen LogP contribution in [0.1, 0.15) is 12.5 Å². The molecule has 0 aromatic heterocycles. The molecule has 3 heteroatoms. The summed E-state index contributed by atoms with van der Waals surface area (Å²) in [6.07, 6.45) is 3.72. The molecule has 0 heterocycles. The summed E-state index contributed by atoms with van der Waals surface area (Å²) in [6.45, 7) is 2.63. The molecule has 0 aliphatic carbocycles. The largest absolute Gasteiger partial charge is 0.478 e. The predicted octanol–water partition coefficient (Wildman–Crippen LogP) is 2.30. The van der Waals surface area contributed by atoms with Crippen molar-refractivity contribution in [2.45, 2.75) is 13.3 Å². The minimum atomic E-state index is -0.917. The van der Waals surface area contributed by atoms with Gasteiger partial charge in [-0.25, -0.2) is 4.79 Å². The molecule has 0 aliphatic heterocycles. The summed E-state index contributed by atoms with van der Waals surface area (Å²) in [5, 5.41) is 11.5. The van der Waals surface area contributed by atoms with Crippen molar-refractivity contribution in [1.82, 2.24) is 0 Å². The van der Waals surface area contributed by atoms with Crippen LogP contribution in [0.4, 0.5) is 5.69 Å². The molecule has 0 radical (unpaired) electrons. The van der Waals surface area contributed by atoms with E-state index in [2.05, 4.69) is 24.4 Å². The topological polar surface area (TPSA) is 49.3 Å². The molecule has 1 aromatic rings. The number of carboxylic acid groups (broad SMARTS) is 1. The fourth-order valence-corrected chi connectivity index (χ4v) is 1.24. The van der Waals surface area contributed by atoms with Gasteiger partial charge in [0.15, 0.2) is 0 Å². The van der Waals surface area contributed by atoms with E-state index < -0.39 is 5.97 Å². The Kier molecular flexibility index (Phi) is 4.41. The summed E-state index contributed by atoms with van der Waals surface area (Å²) in [5.74, 6) is -0.917. The molecule has 0 saturated carbocycles. The minimum absolute atomic E-state index is 0.527. The Morgan fingerprint density at radius 1 is 1.53 bits per heavy atom. The zero-order valence-electron chi connectivity index (χ0n) is 8.73. The third kappa shape index (κ3) is 4.31.